The first-order valence-electron chi connectivity index (χ1n) is 5.77. The summed E-state index contributed by atoms with van der Waals surface area (Å²) < 4.78 is 5.26. The number of rotatable bonds is 1. The van der Waals surface area contributed by atoms with Gasteiger partial charge in [-0.15, -0.1) is 0 Å². The second-order valence-corrected chi connectivity index (χ2v) is 4.33. The summed E-state index contributed by atoms with van der Waals surface area (Å²) in [6.45, 7) is 4.18. The predicted octanol–water partition coefficient (Wildman–Crippen LogP) is 2.00. The van der Waals surface area contributed by atoms with Crippen molar-refractivity contribution in [2.24, 2.45) is 0 Å². The number of furan rings is 1. The largest absolute Gasteiger partial charge is 0.445 e. The Kier molecular flexibility index (Phi) is 2.36. The Morgan fingerprint density at radius 1 is 1.31 bits per heavy atom. The molecular formula is C12H15N3O. The van der Waals surface area contributed by atoms with Gasteiger partial charge in [0.05, 0.1) is 17.7 Å². The Balaban J connectivity index is 2.03. The van der Waals surface area contributed by atoms with Gasteiger partial charge in [-0.05, 0) is 32.9 Å². The number of fused-ring (bicyclic) bond motifs is 1. The van der Waals surface area contributed by atoms with Gasteiger partial charge in [-0.25, -0.2) is 9.97 Å². The quantitative estimate of drug-likeness (QED) is 0.793. The fraction of sp³-hybridized carbons (Fsp3) is 0.500. The van der Waals surface area contributed by atoms with Crippen LogP contribution >= 0.6 is 0 Å². The molecule has 0 amide bonds. The summed E-state index contributed by atoms with van der Waals surface area (Å²) in [6, 6.07) is 1.88. The van der Waals surface area contributed by atoms with Crippen molar-refractivity contribution in [3.05, 3.63) is 23.7 Å². The van der Waals surface area contributed by atoms with Crippen LogP contribution in [0, 0.1) is 6.92 Å². The minimum atomic E-state index is 0.549. The highest BCUT2D eigenvalue weighted by atomic mass is 16.3. The monoisotopic (exact) mass is 217 g/mol. The molecule has 1 aliphatic heterocycles. The van der Waals surface area contributed by atoms with E-state index in [1.165, 1.54) is 0 Å². The van der Waals surface area contributed by atoms with Crippen LogP contribution in [0.2, 0.25) is 0 Å². The van der Waals surface area contributed by atoms with Crippen LogP contribution in [0.3, 0.4) is 0 Å². The lowest BCUT2D eigenvalue weighted by atomic mass is 9.93. The maximum Gasteiger partial charge on any atom is 0.245 e. The molecule has 0 atom stereocenters. The van der Waals surface area contributed by atoms with E-state index in [-0.39, 0.29) is 0 Å². The lowest BCUT2D eigenvalue weighted by Crippen LogP contribution is -2.27. The van der Waals surface area contributed by atoms with Crippen molar-refractivity contribution in [1.82, 2.24) is 15.3 Å². The molecule has 4 nitrogen and oxygen atoms in total. The molecule has 0 aromatic carbocycles. The molecule has 3 rings (SSSR count). The van der Waals surface area contributed by atoms with E-state index in [0.717, 1.165) is 42.8 Å². The van der Waals surface area contributed by atoms with Gasteiger partial charge in [0.1, 0.15) is 5.52 Å². The summed E-state index contributed by atoms with van der Waals surface area (Å²) in [5.41, 5.74) is 3.68. The van der Waals surface area contributed by atoms with Gasteiger partial charge in [0.15, 0.2) is 0 Å². The Morgan fingerprint density at radius 2 is 2.12 bits per heavy atom. The fourth-order valence-corrected chi connectivity index (χ4v) is 2.37. The van der Waals surface area contributed by atoms with Crippen molar-refractivity contribution < 1.29 is 4.42 Å². The first-order chi connectivity index (χ1) is 7.84. The highest BCUT2D eigenvalue weighted by Crippen LogP contribution is 2.27. The van der Waals surface area contributed by atoms with Crippen LogP contribution in [0.4, 0.5) is 0 Å². The number of nitrogens with zero attached hydrogens (tertiary/aromatic N) is 2. The molecule has 3 heterocycles. The number of aromatic nitrogens is 2. The molecule has 1 fully saturated rings. The molecule has 2 aromatic rings. The molecular weight excluding hydrogens is 202 g/mol. The smallest absolute Gasteiger partial charge is 0.245 e. The molecule has 4 heteroatoms. The first-order valence-corrected chi connectivity index (χ1v) is 5.77. The third-order valence-corrected chi connectivity index (χ3v) is 3.23. The summed E-state index contributed by atoms with van der Waals surface area (Å²) in [7, 11) is 0. The Labute approximate surface area is 94.1 Å². The van der Waals surface area contributed by atoms with E-state index in [2.05, 4.69) is 15.3 Å². The van der Waals surface area contributed by atoms with E-state index in [4.69, 9.17) is 4.42 Å². The number of hydrogen-bond donors (Lipinski definition) is 1. The first kappa shape index (κ1) is 9.78. The summed E-state index contributed by atoms with van der Waals surface area (Å²) in [6.07, 6.45) is 3.95. The minimum Gasteiger partial charge on any atom is -0.445 e. The zero-order chi connectivity index (χ0) is 11.0. The van der Waals surface area contributed by atoms with Gasteiger partial charge in [0, 0.05) is 12.0 Å². The normalized spacial score (nSPS) is 18.1. The lowest BCUT2D eigenvalue weighted by molar-refractivity contribution is 0.451. The molecule has 0 radical (unpaired) electrons. The zero-order valence-corrected chi connectivity index (χ0v) is 9.36. The van der Waals surface area contributed by atoms with E-state index in [1.54, 1.807) is 6.26 Å². The molecule has 1 saturated heterocycles. The van der Waals surface area contributed by atoms with Gasteiger partial charge in [-0.2, -0.15) is 0 Å². The van der Waals surface area contributed by atoms with Gasteiger partial charge in [-0.1, -0.05) is 0 Å². The average Bonchev–Trinajstić information content (AvgIpc) is 2.76. The maximum absolute atomic E-state index is 5.26. The van der Waals surface area contributed by atoms with Crippen molar-refractivity contribution in [2.75, 3.05) is 13.1 Å². The molecule has 1 N–H and O–H groups in total. The molecule has 2 aromatic heterocycles. The van der Waals surface area contributed by atoms with E-state index < -0.39 is 0 Å². The van der Waals surface area contributed by atoms with Crippen LogP contribution in [-0.4, -0.2) is 23.1 Å². The van der Waals surface area contributed by atoms with Crippen molar-refractivity contribution in [2.45, 2.75) is 25.7 Å². The summed E-state index contributed by atoms with van der Waals surface area (Å²) in [4.78, 5) is 9.14. The van der Waals surface area contributed by atoms with Crippen LogP contribution in [0.1, 0.15) is 30.1 Å². The van der Waals surface area contributed by atoms with Gasteiger partial charge < -0.3 is 9.73 Å². The van der Waals surface area contributed by atoms with Crippen LogP contribution in [0.25, 0.3) is 11.2 Å². The van der Waals surface area contributed by atoms with E-state index >= 15 is 0 Å². The van der Waals surface area contributed by atoms with Crippen LogP contribution in [0.15, 0.2) is 16.7 Å². The Bertz CT molecular complexity index is 500. The van der Waals surface area contributed by atoms with Gasteiger partial charge in [-0.3, -0.25) is 0 Å². The van der Waals surface area contributed by atoms with Crippen LogP contribution in [0.5, 0.6) is 0 Å². The van der Waals surface area contributed by atoms with E-state index in [9.17, 15) is 0 Å². The van der Waals surface area contributed by atoms with Crippen molar-refractivity contribution >= 4 is 11.2 Å². The van der Waals surface area contributed by atoms with Crippen LogP contribution < -0.4 is 5.32 Å². The number of nitrogens with one attached hydrogen (secondary N) is 1. The second kappa shape index (κ2) is 3.87. The molecule has 0 unspecified atom stereocenters. The molecule has 16 heavy (non-hydrogen) atoms. The van der Waals surface area contributed by atoms with Crippen LogP contribution in [-0.2, 0) is 0 Å². The Morgan fingerprint density at radius 3 is 2.94 bits per heavy atom. The molecule has 1 aliphatic rings. The molecule has 0 saturated carbocycles. The van der Waals surface area contributed by atoms with Gasteiger partial charge in [0.25, 0.3) is 0 Å². The summed E-state index contributed by atoms with van der Waals surface area (Å²) >= 11 is 0. The molecule has 0 spiro atoms. The number of piperidine rings is 1. The molecule has 84 valence electrons. The highest BCUT2D eigenvalue weighted by molar-refractivity contribution is 5.68. The van der Waals surface area contributed by atoms with Crippen molar-refractivity contribution in [3.63, 3.8) is 0 Å². The second-order valence-electron chi connectivity index (χ2n) is 4.33. The summed E-state index contributed by atoms with van der Waals surface area (Å²) in [5.74, 6) is 0.549. The van der Waals surface area contributed by atoms with Crippen molar-refractivity contribution in [1.29, 1.82) is 0 Å². The topological polar surface area (TPSA) is 51.0 Å². The average molecular weight is 217 g/mol. The summed E-state index contributed by atoms with van der Waals surface area (Å²) in [5, 5.41) is 3.37. The Hall–Kier alpha value is -1.42. The number of hydrogen-bond acceptors (Lipinski definition) is 4. The van der Waals surface area contributed by atoms with E-state index in [0.29, 0.717) is 11.6 Å². The van der Waals surface area contributed by atoms with Crippen molar-refractivity contribution in [3.8, 4) is 0 Å². The van der Waals surface area contributed by atoms with Gasteiger partial charge >= 0.3 is 0 Å². The predicted molar refractivity (Wildman–Crippen MR) is 61.4 cm³/mol. The third kappa shape index (κ3) is 1.59. The number of aryl methyl sites for hydroxylation is 1. The van der Waals surface area contributed by atoms with Gasteiger partial charge in [0.2, 0.25) is 5.71 Å². The fourth-order valence-electron chi connectivity index (χ4n) is 2.37. The molecule has 0 bridgehead atoms. The zero-order valence-electron chi connectivity index (χ0n) is 9.36. The third-order valence-electron chi connectivity index (χ3n) is 3.23. The standard InChI is InChI=1S/C12H15N3O/c1-8-11(9-2-5-13-6-3-9)15-10-4-7-16-12(10)14-8/h4,7,9,13H,2-3,5-6H2,1H3. The molecule has 0 aliphatic carbocycles. The minimum absolute atomic E-state index is 0.549. The highest BCUT2D eigenvalue weighted by Gasteiger charge is 2.20. The maximum atomic E-state index is 5.26. The van der Waals surface area contributed by atoms with E-state index in [1.807, 2.05) is 13.0 Å². The lowest BCUT2D eigenvalue weighted by Gasteiger charge is -2.22. The SMILES string of the molecule is Cc1nc2occc2nc1C1CCNCC1.